The van der Waals surface area contributed by atoms with E-state index in [-0.39, 0.29) is 4.90 Å². The lowest BCUT2D eigenvalue weighted by Crippen LogP contribution is -2.12. The predicted octanol–water partition coefficient (Wildman–Crippen LogP) is 4.36. The Balaban J connectivity index is 1.91. The predicted molar refractivity (Wildman–Crippen MR) is 93.0 cm³/mol. The van der Waals surface area contributed by atoms with Crippen LogP contribution in [0.2, 0.25) is 0 Å². The van der Waals surface area contributed by atoms with Gasteiger partial charge in [0.2, 0.25) is 0 Å². The van der Waals surface area contributed by atoms with Crippen molar-refractivity contribution in [3.63, 3.8) is 0 Å². The maximum absolute atomic E-state index is 12.4. The van der Waals surface area contributed by atoms with Crippen LogP contribution in [0.25, 0.3) is 10.8 Å². The zero-order chi connectivity index (χ0) is 15.6. The Hall–Kier alpha value is -1.98. The first-order chi connectivity index (χ1) is 10.6. The molecule has 0 aromatic heterocycles. The van der Waals surface area contributed by atoms with Gasteiger partial charge in [-0.2, -0.15) is 0 Å². The van der Waals surface area contributed by atoms with Crippen molar-refractivity contribution in [2.75, 3.05) is 11.0 Å². The first-order valence-electron chi connectivity index (χ1n) is 6.74. The molecule has 0 bridgehead atoms. The lowest BCUT2D eigenvalue weighted by atomic mass is 10.1. The highest BCUT2D eigenvalue weighted by Gasteiger charge is 2.14. The second-order valence-corrected chi connectivity index (χ2v) is 7.41. The van der Waals surface area contributed by atoms with Crippen LogP contribution in [0.5, 0.6) is 0 Å². The summed E-state index contributed by atoms with van der Waals surface area (Å²) < 4.78 is 27.5. The Bertz CT molecular complexity index is 903. The summed E-state index contributed by atoms with van der Waals surface area (Å²) in [6.45, 7) is 0. The smallest absolute Gasteiger partial charge is 0.261 e. The van der Waals surface area contributed by atoms with Gasteiger partial charge >= 0.3 is 0 Å². The largest absolute Gasteiger partial charge is 0.280 e. The Labute approximate surface area is 134 Å². The van der Waals surface area contributed by atoms with E-state index in [0.717, 1.165) is 15.7 Å². The average Bonchev–Trinajstić information content (AvgIpc) is 2.54. The van der Waals surface area contributed by atoms with Crippen molar-refractivity contribution in [1.82, 2.24) is 0 Å². The molecule has 0 aliphatic heterocycles. The summed E-state index contributed by atoms with van der Waals surface area (Å²) in [5.74, 6) is 0. The Morgan fingerprint density at radius 3 is 2.23 bits per heavy atom. The first kappa shape index (κ1) is 14.9. The maximum atomic E-state index is 12.4. The van der Waals surface area contributed by atoms with Crippen LogP contribution in [0.15, 0.2) is 76.5 Å². The standard InChI is InChI=1S/C17H15NO2S2/c1-21-16-8-10-17(11-9-16)22(19,20)18-15-7-6-13-4-2-3-5-14(13)12-15/h2-12,18H,1H3. The van der Waals surface area contributed by atoms with Crippen LogP contribution in [-0.4, -0.2) is 14.7 Å². The van der Waals surface area contributed by atoms with Gasteiger partial charge in [-0.05, 0) is 53.4 Å². The lowest BCUT2D eigenvalue weighted by molar-refractivity contribution is 0.601. The minimum absolute atomic E-state index is 0.262. The molecule has 0 aliphatic rings. The second-order valence-electron chi connectivity index (χ2n) is 4.84. The number of hydrogen-bond acceptors (Lipinski definition) is 3. The van der Waals surface area contributed by atoms with E-state index in [2.05, 4.69) is 4.72 Å². The molecule has 0 amide bonds. The number of sulfonamides is 1. The molecule has 0 fully saturated rings. The molecule has 112 valence electrons. The molecule has 0 spiro atoms. The van der Waals surface area contributed by atoms with Crippen molar-refractivity contribution in [2.45, 2.75) is 9.79 Å². The number of nitrogens with one attached hydrogen (secondary N) is 1. The monoisotopic (exact) mass is 329 g/mol. The molecule has 0 radical (unpaired) electrons. The molecule has 3 aromatic rings. The van der Waals surface area contributed by atoms with E-state index in [1.54, 1.807) is 42.1 Å². The minimum Gasteiger partial charge on any atom is -0.280 e. The Morgan fingerprint density at radius 1 is 0.864 bits per heavy atom. The summed E-state index contributed by atoms with van der Waals surface area (Å²) >= 11 is 1.58. The zero-order valence-electron chi connectivity index (χ0n) is 12.0. The van der Waals surface area contributed by atoms with Crippen molar-refractivity contribution < 1.29 is 8.42 Å². The normalized spacial score (nSPS) is 11.5. The SMILES string of the molecule is CSc1ccc(S(=O)(=O)Nc2ccc3ccccc3c2)cc1. The molecule has 0 atom stereocenters. The third-order valence-corrected chi connectivity index (χ3v) is 5.51. The van der Waals surface area contributed by atoms with Crippen LogP contribution < -0.4 is 4.72 Å². The summed E-state index contributed by atoms with van der Waals surface area (Å²) in [7, 11) is -3.57. The van der Waals surface area contributed by atoms with Gasteiger partial charge in [0.05, 0.1) is 4.90 Å². The van der Waals surface area contributed by atoms with E-state index in [9.17, 15) is 8.42 Å². The number of rotatable bonds is 4. The molecule has 0 heterocycles. The molecule has 0 aliphatic carbocycles. The Morgan fingerprint density at radius 2 is 1.55 bits per heavy atom. The number of fused-ring (bicyclic) bond motifs is 1. The quantitative estimate of drug-likeness (QED) is 0.723. The Kier molecular flexibility index (Phi) is 4.09. The fourth-order valence-electron chi connectivity index (χ4n) is 2.22. The highest BCUT2D eigenvalue weighted by Crippen LogP contribution is 2.23. The molecule has 1 N–H and O–H groups in total. The van der Waals surface area contributed by atoms with Crippen molar-refractivity contribution >= 4 is 38.2 Å². The number of hydrogen-bond donors (Lipinski definition) is 1. The lowest BCUT2D eigenvalue weighted by Gasteiger charge is -2.09. The van der Waals surface area contributed by atoms with E-state index in [1.807, 2.05) is 42.7 Å². The highest BCUT2D eigenvalue weighted by atomic mass is 32.2. The van der Waals surface area contributed by atoms with Gasteiger partial charge in [-0.3, -0.25) is 4.72 Å². The molecular weight excluding hydrogens is 314 g/mol. The van der Waals surface area contributed by atoms with Gasteiger partial charge in [0.25, 0.3) is 10.0 Å². The van der Waals surface area contributed by atoms with Gasteiger partial charge in [0.15, 0.2) is 0 Å². The van der Waals surface area contributed by atoms with Crippen molar-refractivity contribution in [2.24, 2.45) is 0 Å². The summed E-state index contributed by atoms with van der Waals surface area (Å²) in [5, 5.41) is 2.08. The molecule has 0 saturated carbocycles. The third-order valence-electron chi connectivity index (χ3n) is 3.37. The van der Waals surface area contributed by atoms with Crippen LogP contribution in [-0.2, 0) is 10.0 Å². The maximum Gasteiger partial charge on any atom is 0.261 e. The van der Waals surface area contributed by atoms with E-state index >= 15 is 0 Å². The molecule has 3 nitrogen and oxygen atoms in total. The highest BCUT2D eigenvalue weighted by molar-refractivity contribution is 7.98. The van der Waals surface area contributed by atoms with Crippen molar-refractivity contribution in [1.29, 1.82) is 0 Å². The average molecular weight is 329 g/mol. The number of benzene rings is 3. The van der Waals surface area contributed by atoms with Gasteiger partial charge in [-0.1, -0.05) is 30.3 Å². The summed E-state index contributed by atoms with van der Waals surface area (Å²) in [4.78, 5) is 1.29. The molecule has 0 saturated heterocycles. The van der Waals surface area contributed by atoms with E-state index in [1.165, 1.54) is 0 Å². The van der Waals surface area contributed by atoms with Gasteiger partial charge < -0.3 is 0 Å². The summed E-state index contributed by atoms with van der Waals surface area (Å²) in [6.07, 6.45) is 1.96. The number of thioether (sulfide) groups is 1. The molecule has 5 heteroatoms. The van der Waals surface area contributed by atoms with Crippen LogP contribution in [0.1, 0.15) is 0 Å². The van der Waals surface area contributed by atoms with Crippen molar-refractivity contribution in [3.8, 4) is 0 Å². The first-order valence-corrected chi connectivity index (χ1v) is 9.45. The van der Waals surface area contributed by atoms with E-state index in [4.69, 9.17) is 0 Å². The molecular formula is C17H15NO2S2. The van der Waals surface area contributed by atoms with Gasteiger partial charge in [0, 0.05) is 10.6 Å². The van der Waals surface area contributed by atoms with Crippen molar-refractivity contribution in [3.05, 3.63) is 66.7 Å². The van der Waals surface area contributed by atoms with Gasteiger partial charge in [-0.15, -0.1) is 11.8 Å². The van der Waals surface area contributed by atoms with Gasteiger partial charge in [-0.25, -0.2) is 8.42 Å². The topological polar surface area (TPSA) is 46.2 Å². The van der Waals surface area contributed by atoms with Crippen LogP contribution >= 0.6 is 11.8 Å². The molecule has 0 unspecified atom stereocenters. The van der Waals surface area contributed by atoms with Crippen LogP contribution in [0.4, 0.5) is 5.69 Å². The molecule has 3 aromatic carbocycles. The summed E-state index contributed by atoms with van der Waals surface area (Å²) in [6, 6.07) is 20.2. The molecule has 22 heavy (non-hydrogen) atoms. The summed E-state index contributed by atoms with van der Waals surface area (Å²) in [5.41, 5.74) is 0.563. The number of anilines is 1. The van der Waals surface area contributed by atoms with E-state index < -0.39 is 10.0 Å². The fourth-order valence-corrected chi connectivity index (χ4v) is 3.68. The van der Waals surface area contributed by atoms with Crippen LogP contribution in [0, 0.1) is 0 Å². The zero-order valence-corrected chi connectivity index (χ0v) is 13.6. The fraction of sp³-hybridized carbons (Fsp3) is 0.0588. The third kappa shape index (κ3) is 3.10. The minimum atomic E-state index is -3.57. The molecule has 3 rings (SSSR count). The van der Waals surface area contributed by atoms with E-state index in [0.29, 0.717) is 5.69 Å². The second kappa shape index (κ2) is 6.02. The van der Waals surface area contributed by atoms with Crippen LogP contribution in [0.3, 0.4) is 0 Å². The van der Waals surface area contributed by atoms with Gasteiger partial charge in [0.1, 0.15) is 0 Å².